The number of hydrogen-bond acceptors (Lipinski definition) is 3. The smallest absolute Gasteiger partial charge is 0.238 e. The van der Waals surface area contributed by atoms with E-state index >= 15 is 0 Å². The van der Waals surface area contributed by atoms with E-state index in [1.165, 1.54) is 5.56 Å². The summed E-state index contributed by atoms with van der Waals surface area (Å²) in [6, 6.07) is 8.10. The molecule has 140 valence electrons. The first kappa shape index (κ1) is 21.2. The van der Waals surface area contributed by atoms with Crippen LogP contribution in [0, 0.1) is 0 Å². The van der Waals surface area contributed by atoms with E-state index in [1.807, 2.05) is 32.9 Å². The average molecular weight is 366 g/mol. The number of benzene rings is 1. The Morgan fingerprint density at radius 3 is 2.16 bits per heavy atom. The van der Waals surface area contributed by atoms with Gasteiger partial charge in [-0.2, -0.15) is 0 Å². The molecule has 1 rings (SSSR count). The SMILES string of the molecule is CC(C)(C)NC(=S)NNC(=O)CCCOc1ccc(C(C)(C)C)cc1. The van der Waals surface area contributed by atoms with E-state index in [2.05, 4.69) is 49.1 Å². The molecule has 1 aromatic rings. The molecule has 0 aliphatic carbocycles. The van der Waals surface area contributed by atoms with Gasteiger partial charge in [-0.15, -0.1) is 0 Å². The first-order valence-electron chi connectivity index (χ1n) is 8.58. The van der Waals surface area contributed by atoms with Crippen molar-refractivity contribution in [1.29, 1.82) is 0 Å². The lowest BCUT2D eigenvalue weighted by molar-refractivity contribution is -0.121. The predicted octanol–water partition coefficient (Wildman–Crippen LogP) is 3.44. The Hall–Kier alpha value is -1.82. The van der Waals surface area contributed by atoms with Gasteiger partial charge in [-0.3, -0.25) is 15.6 Å². The maximum atomic E-state index is 11.8. The molecule has 0 heterocycles. The maximum absolute atomic E-state index is 11.8. The Labute approximate surface area is 156 Å². The van der Waals surface area contributed by atoms with Crippen LogP contribution < -0.4 is 20.9 Å². The van der Waals surface area contributed by atoms with Crippen LogP contribution in [0.15, 0.2) is 24.3 Å². The Bertz CT molecular complexity index is 572. The van der Waals surface area contributed by atoms with Gasteiger partial charge < -0.3 is 10.1 Å². The molecule has 1 aromatic carbocycles. The largest absolute Gasteiger partial charge is 0.494 e. The lowest BCUT2D eigenvalue weighted by atomic mass is 9.87. The molecule has 1 amide bonds. The summed E-state index contributed by atoms with van der Waals surface area (Å²) in [4.78, 5) is 11.8. The summed E-state index contributed by atoms with van der Waals surface area (Å²) in [5, 5.41) is 3.46. The number of nitrogens with one attached hydrogen (secondary N) is 3. The topological polar surface area (TPSA) is 62.4 Å². The molecule has 0 unspecified atom stereocenters. The second-order valence-corrected chi connectivity index (χ2v) is 8.51. The van der Waals surface area contributed by atoms with E-state index in [4.69, 9.17) is 17.0 Å². The monoisotopic (exact) mass is 365 g/mol. The number of thiocarbonyl (C=S) groups is 1. The summed E-state index contributed by atoms with van der Waals surface area (Å²) in [7, 11) is 0. The van der Waals surface area contributed by atoms with Crippen molar-refractivity contribution < 1.29 is 9.53 Å². The van der Waals surface area contributed by atoms with E-state index in [0.717, 1.165) is 5.75 Å². The quantitative estimate of drug-likeness (QED) is 0.424. The minimum absolute atomic E-state index is 0.121. The molecule has 0 atom stereocenters. The molecule has 0 bridgehead atoms. The highest BCUT2D eigenvalue weighted by molar-refractivity contribution is 7.80. The van der Waals surface area contributed by atoms with Gasteiger partial charge in [-0.05, 0) is 62.5 Å². The van der Waals surface area contributed by atoms with Crippen molar-refractivity contribution in [1.82, 2.24) is 16.2 Å². The summed E-state index contributed by atoms with van der Waals surface area (Å²) in [6.45, 7) is 13.0. The maximum Gasteiger partial charge on any atom is 0.238 e. The van der Waals surface area contributed by atoms with Crippen LogP contribution in [0.3, 0.4) is 0 Å². The van der Waals surface area contributed by atoms with Crippen LogP contribution in [-0.2, 0) is 10.2 Å². The number of carbonyl (C=O) groups is 1. The average Bonchev–Trinajstić information content (AvgIpc) is 2.47. The van der Waals surface area contributed by atoms with Crippen molar-refractivity contribution in [3.8, 4) is 5.75 Å². The zero-order valence-electron chi connectivity index (χ0n) is 16.2. The van der Waals surface area contributed by atoms with E-state index in [-0.39, 0.29) is 16.9 Å². The minimum atomic E-state index is -0.148. The van der Waals surface area contributed by atoms with E-state index in [9.17, 15) is 4.79 Å². The molecule has 6 heteroatoms. The normalized spacial score (nSPS) is 11.6. The van der Waals surface area contributed by atoms with Crippen LogP contribution in [0.25, 0.3) is 0 Å². The Balaban J connectivity index is 2.22. The summed E-state index contributed by atoms with van der Waals surface area (Å²) in [6.07, 6.45) is 0.999. The number of hydrazine groups is 1. The summed E-state index contributed by atoms with van der Waals surface area (Å²) < 4.78 is 5.68. The molecule has 0 aliphatic rings. The molecule has 0 saturated carbocycles. The Morgan fingerprint density at radius 1 is 1.04 bits per heavy atom. The fraction of sp³-hybridized carbons (Fsp3) is 0.579. The lowest BCUT2D eigenvalue weighted by Gasteiger charge is -2.23. The van der Waals surface area contributed by atoms with Crippen LogP contribution in [0.5, 0.6) is 5.75 Å². The first-order chi connectivity index (χ1) is 11.5. The third kappa shape index (κ3) is 9.29. The van der Waals surface area contributed by atoms with Crippen LogP contribution in [0.1, 0.15) is 59.9 Å². The van der Waals surface area contributed by atoms with Gasteiger partial charge in [-0.25, -0.2) is 0 Å². The molecule has 25 heavy (non-hydrogen) atoms. The number of amides is 1. The number of ether oxygens (including phenoxy) is 1. The van der Waals surface area contributed by atoms with Crippen molar-refractivity contribution in [2.75, 3.05) is 6.61 Å². The van der Waals surface area contributed by atoms with Gasteiger partial charge in [0.15, 0.2) is 5.11 Å². The zero-order chi connectivity index (χ0) is 19.1. The van der Waals surface area contributed by atoms with Crippen LogP contribution in [-0.4, -0.2) is 23.2 Å². The highest BCUT2D eigenvalue weighted by Gasteiger charge is 2.13. The highest BCUT2D eigenvalue weighted by atomic mass is 32.1. The summed E-state index contributed by atoms with van der Waals surface area (Å²) in [5.74, 6) is 0.701. The van der Waals surface area contributed by atoms with E-state index < -0.39 is 0 Å². The molecule has 0 spiro atoms. The fourth-order valence-corrected chi connectivity index (χ4v) is 2.39. The molecule has 0 radical (unpaired) electrons. The third-order valence-electron chi connectivity index (χ3n) is 3.34. The molecule has 3 N–H and O–H groups in total. The standard InChI is InChI=1S/C19H31N3O2S/c1-18(2,3)14-9-11-15(12-10-14)24-13-7-8-16(23)21-22-17(25)20-19(4,5)6/h9-12H,7-8,13H2,1-6H3,(H,21,23)(H2,20,22,25). The number of hydrogen-bond donors (Lipinski definition) is 3. The van der Waals surface area contributed by atoms with Gasteiger partial charge >= 0.3 is 0 Å². The van der Waals surface area contributed by atoms with E-state index in [0.29, 0.717) is 24.6 Å². The fourth-order valence-electron chi connectivity index (χ4n) is 2.03. The molecular formula is C19H31N3O2S. The van der Waals surface area contributed by atoms with Crippen molar-refractivity contribution >= 4 is 23.2 Å². The summed E-state index contributed by atoms with van der Waals surface area (Å²) in [5.41, 5.74) is 6.53. The highest BCUT2D eigenvalue weighted by Crippen LogP contribution is 2.24. The molecule has 0 saturated heterocycles. The molecule has 0 fully saturated rings. The second-order valence-electron chi connectivity index (χ2n) is 8.10. The van der Waals surface area contributed by atoms with Crippen LogP contribution in [0.4, 0.5) is 0 Å². The van der Waals surface area contributed by atoms with E-state index in [1.54, 1.807) is 0 Å². The molecule has 0 aromatic heterocycles. The molecule has 0 aliphatic heterocycles. The first-order valence-corrected chi connectivity index (χ1v) is 8.98. The van der Waals surface area contributed by atoms with Crippen molar-refractivity contribution in [2.45, 2.75) is 65.3 Å². The number of carbonyl (C=O) groups excluding carboxylic acids is 1. The minimum Gasteiger partial charge on any atom is -0.494 e. The second kappa shape index (κ2) is 9.04. The predicted molar refractivity (Wildman–Crippen MR) is 107 cm³/mol. The third-order valence-corrected chi connectivity index (χ3v) is 3.55. The van der Waals surface area contributed by atoms with Gasteiger partial charge in [0.25, 0.3) is 0 Å². The van der Waals surface area contributed by atoms with Crippen LogP contribution >= 0.6 is 12.2 Å². The van der Waals surface area contributed by atoms with Gasteiger partial charge in [0.1, 0.15) is 5.75 Å². The van der Waals surface area contributed by atoms with Gasteiger partial charge in [0.05, 0.1) is 6.61 Å². The van der Waals surface area contributed by atoms with Crippen molar-refractivity contribution in [3.63, 3.8) is 0 Å². The number of rotatable bonds is 5. The molecule has 5 nitrogen and oxygen atoms in total. The van der Waals surface area contributed by atoms with Gasteiger partial charge in [-0.1, -0.05) is 32.9 Å². The lowest BCUT2D eigenvalue weighted by Crippen LogP contribution is -2.52. The van der Waals surface area contributed by atoms with Gasteiger partial charge in [0.2, 0.25) is 5.91 Å². The Kier molecular flexibility index (Phi) is 7.67. The van der Waals surface area contributed by atoms with Crippen LogP contribution in [0.2, 0.25) is 0 Å². The molecular weight excluding hydrogens is 334 g/mol. The van der Waals surface area contributed by atoms with Crippen molar-refractivity contribution in [3.05, 3.63) is 29.8 Å². The van der Waals surface area contributed by atoms with Gasteiger partial charge in [0, 0.05) is 12.0 Å². The Morgan fingerprint density at radius 2 is 1.64 bits per heavy atom. The zero-order valence-corrected chi connectivity index (χ0v) is 17.0. The summed E-state index contributed by atoms with van der Waals surface area (Å²) >= 11 is 5.09. The van der Waals surface area contributed by atoms with Crippen molar-refractivity contribution in [2.24, 2.45) is 0 Å².